The minimum Gasteiger partial charge on any atom is -0.381 e. The second kappa shape index (κ2) is 9.14. The first-order valence-corrected chi connectivity index (χ1v) is 10.7. The summed E-state index contributed by atoms with van der Waals surface area (Å²) in [6, 6.07) is 6.89. The average molecular weight is 432 g/mol. The van der Waals surface area contributed by atoms with Crippen molar-refractivity contribution < 1.29 is 14.3 Å². The van der Waals surface area contributed by atoms with Crippen LogP contribution in [0.2, 0.25) is 5.02 Å². The zero-order valence-electron chi connectivity index (χ0n) is 16.9. The van der Waals surface area contributed by atoms with Crippen molar-refractivity contribution in [1.29, 1.82) is 0 Å². The maximum Gasteiger partial charge on any atom is 0.227 e. The van der Waals surface area contributed by atoms with Crippen LogP contribution in [0, 0.1) is 12.8 Å². The lowest BCUT2D eigenvalue weighted by molar-refractivity contribution is -0.132. The summed E-state index contributed by atoms with van der Waals surface area (Å²) < 4.78 is 5.35. The van der Waals surface area contributed by atoms with Gasteiger partial charge in [0.25, 0.3) is 0 Å². The van der Waals surface area contributed by atoms with Crippen molar-refractivity contribution in [3.05, 3.63) is 46.5 Å². The summed E-state index contributed by atoms with van der Waals surface area (Å²) >= 11 is 6.06. The second-order valence-corrected chi connectivity index (χ2v) is 8.41. The van der Waals surface area contributed by atoms with Crippen molar-refractivity contribution in [3.63, 3.8) is 0 Å². The number of benzene rings is 1. The van der Waals surface area contributed by atoms with Crippen LogP contribution in [-0.2, 0) is 20.7 Å². The van der Waals surface area contributed by atoms with Gasteiger partial charge in [0.1, 0.15) is 5.82 Å². The number of amides is 2. The number of carbonyl (C=O) groups is 2. The van der Waals surface area contributed by atoms with Gasteiger partial charge in [0.05, 0.1) is 12.5 Å². The van der Waals surface area contributed by atoms with Gasteiger partial charge in [0, 0.05) is 36.7 Å². The van der Waals surface area contributed by atoms with Gasteiger partial charge in [0.15, 0.2) is 5.82 Å². The third kappa shape index (κ3) is 4.82. The molecule has 30 heavy (non-hydrogen) atoms. The number of halogens is 1. The van der Waals surface area contributed by atoms with E-state index in [0.29, 0.717) is 42.9 Å². The predicted octanol–water partition coefficient (Wildman–Crippen LogP) is 2.19. The van der Waals surface area contributed by atoms with Gasteiger partial charge in [-0.1, -0.05) is 23.7 Å². The zero-order valence-corrected chi connectivity index (χ0v) is 17.7. The fourth-order valence-corrected chi connectivity index (χ4v) is 4.38. The van der Waals surface area contributed by atoms with Crippen molar-refractivity contribution in [1.82, 2.24) is 25.4 Å². The molecule has 2 aliphatic rings. The quantitative estimate of drug-likeness (QED) is 0.755. The Labute approximate surface area is 180 Å². The molecule has 0 radical (unpaired) electrons. The number of ether oxygens (including phenoxy) is 1. The number of H-pyrrole nitrogens is 1. The molecular formula is C21H26ClN5O3. The minimum absolute atomic E-state index is 0.0286. The van der Waals surface area contributed by atoms with E-state index in [0.717, 1.165) is 18.4 Å². The number of aryl methyl sites for hydroxylation is 1. The van der Waals surface area contributed by atoms with Crippen molar-refractivity contribution in [2.45, 2.75) is 44.7 Å². The van der Waals surface area contributed by atoms with Gasteiger partial charge in [-0.05, 0) is 43.9 Å². The highest BCUT2D eigenvalue weighted by molar-refractivity contribution is 6.30. The summed E-state index contributed by atoms with van der Waals surface area (Å²) in [5.41, 5.74) is 0.854. The van der Waals surface area contributed by atoms with E-state index in [9.17, 15) is 9.59 Å². The van der Waals surface area contributed by atoms with Crippen molar-refractivity contribution in [2.24, 2.45) is 5.92 Å². The fraction of sp³-hybridized carbons (Fsp3) is 0.524. The molecule has 2 atom stereocenters. The lowest BCUT2D eigenvalue weighted by Crippen LogP contribution is -2.42. The van der Waals surface area contributed by atoms with Crippen LogP contribution in [0.5, 0.6) is 0 Å². The van der Waals surface area contributed by atoms with E-state index >= 15 is 0 Å². The zero-order chi connectivity index (χ0) is 21.1. The van der Waals surface area contributed by atoms with Gasteiger partial charge < -0.3 is 15.0 Å². The Balaban J connectivity index is 1.47. The van der Waals surface area contributed by atoms with E-state index in [1.165, 1.54) is 0 Å². The first-order valence-electron chi connectivity index (χ1n) is 10.3. The maximum absolute atomic E-state index is 13.1. The third-order valence-corrected chi connectivity index (χ3v) is 5.95. The second-order valence-electron chi connectivity index (χ2n) is 7.98. The SMILES string of the molecule is Cc1nc([C@@H]2C[C@H](NC(=O)C3CCOCC3)CN2C(=O)Cc2cccc(Cl)c2)n[nH]1. The van der Waals surface area contributed by atoms with E-state index in [1.54, 1.807) is 17.0 Å². The van der Waals surface area contributed by atoms with E-state index < -0.39 is 0 Å². The maximum atomic E-state index is 13.1. The number of nitrogens with one attached hydrogen (secondary N) is 2. The molecule has 3 heterocycles. The Morgan fingerprint density at radius 3 is 2.83 bits per heavy atom. The molecule has 2 aliphatic heterocycles. The number of rotatable bonds is 5. The molecule has 8 nitrogen and oxygen atoms in total. The van der Waals surface area contributed by atoms with Gasteiger partial charge in [-0.25, -0.2) is 4.98 Å². The van der Waals surface area contributed by atoms with Gasteiger partial charge >= 0.3 is 0 Å². The highest BCUT2D eigenvalue weighted by Gasteiger charge is 2.39. The molecule has 0 spiro atoms. The lowest BCUT2D eigenvalue weighted by Gasteiger charge is -2.24. The summed E-state index contributed by atoms with van der Waals surface area (Å²) in [5.74, 6) is 1.25. The molecule has 2 amide bonds. The number of hydrogen-bond acceptors (Lipinski definition) is 5. The van der Waals surface area contributed by atoms with Gasteiger partial charge in [-0.2, -0.15) is 5.10 Å². The number of carbonyl (C=O) groups excluding carboxylic acids is 2. The highest BCUT2D eigenvalue weighted by Crippen LogP contribution is 2.31. The van der Waals surface area contributed by atoms with E-state index in [2.05, 4.69) is 20.5 Å². The van der Waals surface area contributed by atoms with Crippen LogP contribution < -0.4 is 5.32 Å². The summed E-state index contributed by atoms with van der Waals surface area (Å²) in [4.78, 5) is 32.0. The summed E-state index contributed by atoms with van der Waals surface area (Å²) in [6.07, 6.45) is 2.30. The molecule has 9 heteroatoms. The van der Waals surface area contributed by atoms with Crippen molar-refractivity contribution in [3.8, 4) is 0 Å². The van der Waals surface area contributed by atoms with Crippen LogP contribution in [0.4, 0.5) is 0 Å². The molecule has 1 aromatic carbocycles. The standard InChI is InChI=1S/C21H26ClN5O3/c1-13-23-20(26-25-13)18-11-17(24-21(29)15-5-7-30-8-6-15)12-27(18)19(28)10-14-3-2-4-16(22)9-14/h2-4,9,15,17-18H,5-8,10-12H2,1H3,(H,24,29)(H,23,25,26)/t17-,18-/m0/s1. The van der Waals surface area contributed by atoms with Crippen molar-refractivity contribution >= 4 is 23.4 Å². The molecule has 4 rings (SSSR count). The molecule has 0 unspecified atom stereocenters. The summed E-state index contributed by atoms with van der Waals surface area (Å²) in [6.45, 7) is 3.50. The number of aromatic nitrogens is 3. The Morgan fingerprint density at radius 2 is 2.13 bits per heavy atom. The van der Waals surface area contributed by atoms with Crippen LogP contribution in [0.1, 0.15) is 42.5 Å². The summed E-state index contributed by atoms with van der Waals surface area (Å²) in [7, 11) is 0. The first-order chi connectivity index (χ1) is 14.5. The van der Waals surface area contributed by atoms with Crippen molar-refractivity contribution in [2.75, 3.05) is 19.8 Å². The molecule has 2 N–H and O–H groups in total. The molecular weight excluding hydrogens is 406 g/mol. The highest BCUT2D eigenvalue weighted by atomic mass is 35.5. The smallest absolute Gasteiger partial charge is 0.227 e. The number of nitrogens with zero attached hydrogens (tertiary/aromatic N) is 3. The lowest BCUT2D eigenvalue weighted by atomic mass is 9.99. The topological polar surface area (TPSA) is 100 Å². The molecule has 2 saturated heterocycles. The Hall–Kier alpha value is -2.45. The van der Waals surface area contributed by atoms with Gasteiger partial charge in [0.2, 0.25) is 11.8 Å². The van der Waals surface area contributed by atoms with E-state index in [-0.39, 0.29) is 36.2 Å². The summed E-state index contributed by atoms with van der Waals surface area (Å²) in [5, 5.41) is 10.9. The Morgan fingerprint density at radius 1 is 1.33 bits per heavy atom. The Kier molecular flexibility index (Phi) is 6.34. The average Bonchev–Trinajstić information content (AvgIpc) is 3.35. The normalized spacial score (nSPS) is 22.3. The largest absolute Gasteiger partial charge is 0.381 e. The third-order valence-electron chi connectivity index (χ3n) is 5.72. The van der Waals surface area contributed by atoms with Gasteiger partial charge in [-0.3, -0.25) is 14.7 Å². The van der Waals surface area contributed by atoms with Crippen LogP contribution >= 0.6 is 11.6 Å². The molecule has 1 aromatic heterocycles. The molecule has 2 fully saturated rings. The Bertz CT molecular complexity index is 912. The van der Waals surface area contributed by atoms with Crippen LogP contribution in [0.25, 0.3) is 0 Å². The number of hydrogen-bond donors (Lipinski definition) is 2. The van der Waals surface area contributed by atoms with E-state index in [1.807, 2.05) is 19.1 Å². The van der Waals surface area contributed by atoms with Crippen LogP contribution in [0.15, 0.2) is 24.3 Å². The van der Waals surface area contributed by atoms with E-state index in [4.69, 9.17) is 16.3 Å². The van der Waals surface area contributed by atoms with Gasteiger partial charge in [-0.15, -0.1) is 0 Å². The monoisotopic (exact) mass is 431 g/mol. The minimum atomic E-state index is -0.276. The molecule has 0 bridgehead atoms. The fourth-order valence-electron chi connectivity index (χ4n) is 4.17. The first kappa shape index (κ1) is 20.8. The molecule has 2 aromatic rings. The molecule has 160 valence electrons. The van der Waals surface area contributed by atoms with Crippen LogP contribution in [0.3, 0.4) is 0 Å². The molecule has 0 saturated carbocycles. The number of aromatic amines is 1. The molecule has 0 aliphatic carbocycles. The number of likely N-dealkylation sites (tertiary alicyclic amines) is 1. The predicted molar refractivity (Wildman–Crippen MR) is 111 cm³/mol. The van der Waals surface area contributed by atoms with Crippen LogP contribution in [-0.4, -0.2) is 57.7 Å².